The van der Waals surface area contributed by atoms with Gasteiger partial charge in [0.2, 0.25) is 0 Å². The molecule has 1 aliphatic rings. The minimum absolute atomic E-state index is 0.305. The Morgan fingerprint density at radius 2 is 2.23 bits per heavy atom. The molecule has 1 N–H and O–H groups in total. The molecule has 3 heteroatoms. The van der Waals surface area contributed by atoms with Crippen LogP contribution in [0.4, 0.5) is 4.39 Å². The highest BCUT2D eigenvalue weighted by Gasteiger charge is 2.39. The molecule has 0 bridgehead atoms. The van der Waals surface area contributed by atoms with Crippen LogP contribution in [0.25, 0.3) is 0 Å². The molecule has 0 aliphatic heterocycles. The Bertz CT molecular complexity index is 310. The van der Waals surface area contributed by atoms with Crippen molar-refractivity contribution >= 4 is 0 Å². The van der Waals surface area contributed by atoms with E-state index in [2.05, 4.69) is 4.98 Å². The number of nitrogens with zero attached hydrogens (tertiary/aromatic N) is 1. The van der Waals surface area contributed by atoms with Gasteiger partial charge in [0.15, 0.2) is 0 Å². The van der Waals surface area contributed by atoms with Crippen LogP contribution in [0.3, 0.4) is 0 Å². The first-order valence-corrected chi connectivity index (χ1v) is 4.50. The number of aryl methyl sites for hydroxylation is 1. The van der Waals surface area contributed by atoms with Gasteiger partial charge >= 0.3 is 0 Å². The van der Waals surface area contributed by atoms with E-state index in [4.69, 9.17) is 0 Å². The number of hydrogen-bond acceptors (Lipinski definition) is 2. The van der Waals surface area contributed by atoms with E-state index in [-0.39, 0.29) is 5.82 Å². The monoisotopic (exact) mass is 181 g/mol. The lowest BCUT2D eigenvalue weighted by molar-refractivity contribution is 0.140. The first-order valence-electron chi connectivity index (χ1n) is 4.50. The molecule has 0 atom stereocenters. The number of aliphatic hydroxyl groups is 1. The summed E-state index contributed by atoms with van der Waals surface area (Å²) in [5.41, 5.74) is 0.409. The average molecular weight is 181 g/mol. The largest absolute Gasteiger partial charge is 0.390 e. The maximum atomic E-state index is 12.7. The molecule has 1 fully saturated rings. The lowest BCUT2D eigenvalue weighted by atomic mass is 10.1. The van der Waals surface area contributed by atoms with E-state index >= 15 is 0 Å². The van der Waals surface area contributed by atoms with Crippen molar-refractivity contribution in [2.75, 3.05) is 0 Å². The van der Waals surface area contributed by atoms with Crippen LogP contribution in [0.15, 0.2) is 18.5 Å². The van der Waals surface area contributed by atoms with Gasteiger partial charge in [0.1, 0.15) is 5.82 Å². The van der Waals surface area contributed by atoms with Gasteiger partial charge in [-0.3, -0.25) is 4.98 Å². The van der Waals surface area contributed by atoms with E-state index in [0.29, 0.717) is 6.42 Å². The van der Waals surface area contributed by atoms with Crippen LogP contribution in [0, 0.1) is 5.82 Å². The summed E-state index contributed by atoms with van der Waals surface area (Å²) in [6.07, 6.45) is 6.04. The van der Waals surface area contributed by atoms with Gasteiger partial charge in [-0.25, -0.2) is 4.39 Å². The molecular weight excluding hydrogens is 169 g/mol. The van der Waals surface area contributed by atoms with Crippen molar-refractivity contribution in [2.45, 2.75) is 31.3 Å². The number of hydrogen-bond donors (Lipinski definition) is 1. The number of rotatable bonds is 3. The molecule has 0 spiro atoms. The van der Waals surface area contributed by atoms with Crippen LogP contribution in [-0.4, -0.2) is 15.7 Å². The second-order valence-electron chi connectivity index (χ2n) is 3.74. The summed E-state index contributed by atoms with van der Waals surface area (Å²) in [6, 6.07) is 1.47. The summed E-state index contributed by atoms with van der Waals surface area (Å²) in [6.45, 7) is 0. The second-order valence-corrected chi connectivity index (χ2v) is 3.74. The predicted molar refractivity (Wildman–Crippen MR) is 46.7 cm³/mol. The lowest BCUT2D eigenvalue weighted by Crippen LogP contribution is -2.07. The molecule has 1 heterocycles. The molecule has 0 radical (unpaired) electrons. The van der Waals surface area contributed by atoms with E-state index in [0.717, 1.165) is 24.8 Å². The third-order valence-electron chi connectivity index (χ3n) is 2.47. The zero-order valence-corrected chi connectivity index (χ0v) is 7.33. The van der Waals surface area contributed by atoms with Crippen LogP contribution in [0.5, 0.6) is 0 Å². The summed E-state index contributed by atoms with van der Waals surface area (Å²) in [5, 5.41) is 9.55. The van der Waals surface area contributed by atoms with Gasteiger partial charge in [-0.1, -0.05) is 0 Å². The van der Waals surface area contributed by atoms with Crippen LogP contribution in [0.2, 0.25) is 0 Å². The van der Waals surface area contributed by atoms with Crippen LogP contribution in [-0.2, 0) is 6.42 Å². The van der Waals surface area contributed by atoms with Crippen molar-refractivity contribution in [3.05, 3.63) is 29.8 Å². The fourth-order valence-electron chi connectivity index (χ4n) is 1.36. The third kappa shape index (κ3) is 2.25. The summed E-state index contributed by atoms with van der Waals surface area (Å²) < 4.78 is 12.7. The lowest BCUT2D eigenvalue weighted by Gasteiger charge is -2.06. The minimum Gasteiger partial charge on any atom is -0.390 e. The SMILES string of the molecule is OC1(CCc2cncc(F)c2)CC1. The fourth-order valence-corrected chi connectivity index (χ4v) is 1.36. The minimum atomic E-state index is -0.452. The van der Waals surface area contributed by atoms with E-state index in [1.165, 1.54) is 12.3 Å². The first-order chi connectivity index (χ1) is 6.18. The normalized spacial score (nSPS) is 18.6. The highest BCUT2D eigenvalue weighted by Crippen LogP contribution is 2.39. The average Bonchev–Trinajstić information content (AvgIpc) is 2.82. The number of halogens is 1. The van der Waals surface area contributed by atoms with Crippen LogP contribution >= 0.6 is 0 Å². The van der Waals surface area contributed by atoms with Crippen molar-refractivity contribution in [2.24, 2.45) is 0 Å². The Morgan fingerprint density at radius 3 is 2.85 bits per heavy atom. The molecule has 70 valence electrons. The molecule has 2 rings (SSSR count). The standard InChI is InChI=1S/C10H12FNO/c11-9-5-8(6-12-7-9)1-2-10(13)3-4-10/h5-7,13H,1-4H2. The Balaban J connectivity index is 1.94. The third-order valence-corrected chi connectivity index (χ3v) is 2.47. The molecule has 2 nitrogen and oxygen atoms in total. The van der Waals surface area contributed by atoms with Crippen molar-refractivity contribution < 1.29 is 9.50 Å². The first kappa shape index (κ1) is 8.63. The zero-order valence-electron chi connectivity index (χ0n) is 7.33. The van der Waals surface area contributed by atoms with Gasteiger partial charge in [-0.05, 0) is 37.3 Å². The van der Waals surface area contributed by atoms with Gasteiger partial charge in [0.05, 0.1) is 11.8 Å². The zero-order chi connectivity index (χ0) is 9.31. The maximum Gasteiger partial charge on any atom is 0.141 e. The Morgan fingerprint density at radius 1 is 1.46 bits per heavy atom. The highest BCUT2D eigenvalue weighted by molar-refractivity contribution is 5.11. The molecule has 0 amide bonds. The summed E-state index contributed by atoms with van der Waals surface area (Å²) in [7, 11) is 0. The summed E-state index contributed by atoms with van der Waals surface area (Å²) in [4.78, 5) is 3.75. The molecule has 1 aliphatic carbocycles. The second kappa shape index (κ2) is 3.07. The van der Waals surface area contributed by atoms with Gasteiger partial charge < -0.3 is 5.11 Å². The number of pyridine rings is 1. The van der Waals surface area contributed by atoms with Crippen molar-refractivity contribution in [3.8, 4) is 0 Å². The van der Waals surface area contributed by atoms with E-state index in [1.54, 1.807) is 6.20 Å². The van der Waals surface area contributed by atoms with Crippen LogP contribution < -0.4 is 0 Å². The molecule has 1 aromatic rings. The molecule has 0 aromatic carbocycles. The summed E-state index contributed by atoms with van der Waals surface area (Å²) >= 11 is 0. The van der Waals surface area contributed by atoms with Crippen molar-refractivity contribution in [1.29, 1.82) is 0 Å². The fraction of sp³-hybridized carbons (Fsp3) is 0.500. The quantitative estimate of drug-likeness (QED) is 0.769. The Kier molecular flexibility index (Phi) is 2.04. The maximum absolute atomic E-state index is 12.7. The molecule has 0 unspecified atom stereocenters. The molecular formula is C10H12FNO. The van der Waals surface area contributed by atoms with E-state index in [1.807, 2.05) is 0 Å². The summed E-state index contributed by atoms with van der Waals surface area (Å²) in [5.74, 6) is -0.305. The molecule has 13 heavy (non-hydrogen) atoms. The van der Waals surface area contributed by atoms with Gasteiger partial charge in [-0.15, -0.1) is 0 Å². The Labute approximate surface area is 76.4 Å². The van der Waals surface area contributed by atoms with Crippen molar-refractivity contribution in [3.63, 3.8) is 0 Å². The van der Waals surface area contributed by atoms with E-state index < -0.39 is 5.60 Å². The topological polar surface area (TPSA) is 33.1 Å². The number of aromatic nitrogens is 1. The van der Waals surface area contributed by atoms with E-state index in [9.17, 15) is 9.50 Å². The highest BCUT2D eigenvalue weighted by atomic mass is 19.1. The predicted octanol–water partition coefficient (Wildman–Crippen LogP) is 1.68. The van der Waals surface area contributed by atoms with Crippen molar-refractivity contribution in [1.82, 2.24) is 4.98 Å². The molecule has 1 saturated carbocycles. The molecule has 1 aromatic heterocycles. The van der Waals surface area contributed by atoms with Gasteiger partial charge in [0, 0.05) is 6.20 Å². The van der Waals surface area contributed by atoms with Crippen LogP contribution in [0.1, 0.15) is 24.8 Å². The molecule has 0 saturated heterocycles. The smallest absolute Gasteiger partial charge is 0.141 e. The Hall–Kier alpha value is -0.960. The van der Waals surface area contributed by atoms with Gasteiger partial charge in [0.25, 0.3) is 0 Å². The van der Waals surface area contributed by atoms with Gasteiger partial charge in [-0.2, -0.15) is 0 Å².